The van der Waals surface area contributed by atoms with E-state index >= 15 is 0 Å². The van der Waals surface area contributed by atoms with Gasteiger partial charge in [0.05, 0.1) is 6.10 Å². The van der Waals surface area contributed by atoms with Crippen molar-refractivity contribution in [2.75, 3.05) is 6.54 Å². The Morgan fingerprint density at radius 2 is 2.50 bits per heavy atom. The zero-order chi connectivity index (χ0) is 10.4. The first-order chi connectivity index (χ1) is 6.70. The maximum atomic E-state index is 11.3. The summed E-state index contributed by atoms with van der Waals surface area (Å²) in [6, 6.07) is 3.51. The van der Waals surface area contributed by atoms with Crippen molar-refractivity contribution in [3.8, 4) is 0 Å². The van der Waals surface area contributed by atoms with Gasteiger partial charge in [0.15, 0.2) is 0 Å². The number of hydrogen-bond acceptors (Lipinski definition) is 2. The molecule has 1 atom stereocenters. The molecule has 0 saturated heterocycles. The maximum absolute atomic E-state index is 11.3. The fourth-order valence-electron chi connectivity index (χ4n) is 1.17. The smallest absolute Gasteiger partial charge is 0.267 e. The number of H-pyrrole nitrogens is 1. The number of amides is 1. The van der Waals surface area contributed by atoms with Crippen LogP contribution in [-0.4, -0.2) is 28.6 Å². The molecule has 0 saturated carbocycles. The van der Waals surface area contributed by atoms with Crippen LogP contribution < -0.4 is 5.32 Å². The second-order valence-electron chi connectivity index (χ2n) is 3.33. The number of aliphatic hydroxyl groups excluding tert-OH is 1. The summed E-state index contributed by atoms with van der Waals surface area (Å²) in [5.41, 5.74) is 0.571. The largest absolute Gasteiger partial charge is 0.393 e. The molecule has 3 N–H and O–H groups in total. The highest BCUT2D eigenvalue weighted by Gasteiger charge is 2.04. The number of carbonyl (C=O) groups excluding carboxylic acids is 1. The number of hydrogen-bond donors (Lipinski definition) is 3. The van der Waals surface area contributed by atoms with E-state index in [1.165, 1.54) is 0 Å². The number of aromatic nitrogens is 1. The third-order valence-corrected chi connectivity index (χ3v) is 1.93. The molecule has 1 aromatic heterocycles. The molecule has 4 heteroatoms. The van der Waals surface area contributed by atoms with Gasteiger partial charge in [0, 0.05) is 12.7 Å². The van der Waals surface area contributed by atoms with Crippen molar-refractivity contribution in [3.63, 3.8) is 0 Å². The lowest BCUT2D eigenvalue weighted by Gasteiger charge is -2.05. The van der Waals surface area contributed by atoms with Crippen LogP contribution in [0.5, 0.6) is 0 Å². The summed E-state index contributed by atoms with van der Waals surface area (Å²) in [5.74, 6) is -0.0967. The highest BCUT2D eigenvalue weighted by molar-refractivity contribution is 5.92. The Morgan fingerprint density at radius 1 is 1.71 bits per heavy atom. The van der Waals surface area contributed by atoms with Crippen molar-refractivity contribution in [3.05, 3.63) is 24.0 Å². The molecule has 4 nitrogen and oxygen atoms in total. The first-order valence-corrected chi connectivity index (χ1v) is 4.80. The van der Waals surface area contributed by atoms with E-state index in [-0.39, 0.29) is 12.0 Å². The van der Waals surface area contributed by atoms with Crippen molar-refractivity contribution in [2.45, 2.75) is 25.9 Å². The van der Waals surface area contributed by atoms with Crippen LogP contribution in [-0.2, 0) is 0 Å². The molecule has 0 radical (unpaired) electrons. The predicted octanol–water partition coefficient (Wildman–Crippen LogP) is 0.905. The van der Waals surface area contributed by atoms with Gasteiger partial charge in [0.2, 0.25) is 0 Å². The highest BCUT2D eigenvalue weighted by atomic mass is 16.3. The Kier molecular flexibility index (Phi) is 4.19. The van der Waals surface area contributed by atoms with Crippen LogP contribution in [0.15, 0.2) is 18.3 Å². The summed E-state index contributed by atoms with van der Waals surface area (Å²) in [6.07, 6.45) is 2.93. The fourth-order valence-corrected chi connectivity index (χ4v) is 1.17. The van der Waals surface area contributed by atoms with Gasteiger partial charge in [-0.2, -0.15) is 0 Å². The quantitative estimate of drug-likeness (QED) is 0.613. The second kappa shape index (κ2) is 5.44. The SMILES string of the molecule is CC(O)CCCNC(=O)c1ccc[nH]1. The minimum atomic E-state index is -0.294. The summed E-state index contributed by atoms with van der Waals surface area (Å²) in [5, 5.41) is 11.7. The van der Waals surface area contributed by atoms with Crippen molar-refractivity contribution in [2.24, 2.45) is 0 Å². The van der Waals surface area contributed by atoms with Gasteiger partial charge in [-0.1, -0.05) is 0 Å². The van der Waals surface area contributed by atoms with Crippen LogP contribution in [0.2, 0.25) is 0 Å². The van der Waals surface area contributed by atoms with Gasteiger partial charge in [-0.25, -0.2) is 0 Å². The zero-order valence-electron chi connectivity index (χ0n) is 8.29. The molecule has 0 aliphatic heterocycles. The Labute approximate surface area is 83.3 Å². The predicted molar refractivity (Wildman–Crippen MR) is 54.0 cm³/mol. The first kappa shape index (κ1) is 10.8. The Bertz CT molecular complexity index is 268. The molecule has 0 aromatic carbocycles. The van der Waals surface area contributed by atoms with Crippen molar-refractivity contribution < 1.29 is 9.90 Å². The van der Waals surface area contributed by atoms with Crippen LogP contribution in [0, 0.1) is 0 Å². The fraction of sp³-hybridized carbons (Fsp3) is 0.500. The van der Waals surface area contributed by atoms with E-state index in [1.807, 2.05) is 0 Å². The van der Waals surface area contributed by atoms with Crippen LogP contribution >= 0.6 is 0 Å². The van der Waals surface area contributed by atoms with Crippen LogP contribution in [0.25, 0.3) is 0 Å². The molecule has 1 unspecified atom stereocenters. The number of aliphatic hydroxyl groups is 1. The van der Waals surface area contributed by atoms with Crippen LogP contribution in [0.4, 0.5) is 0 Å². The monoisotopic (exact) mass is 196 g/mol. The third kappa shape index (κ3) is 3.62. The lowest BCUT2D eigenvalue weighted by molar-refractivity contribution is 0.0945. The van der Waals surface area contributed by atoms with E-state index in [2.05, 4.69) is 10.3 Å². The molecule has 1 aromatic rings. The third-order valence-electron chi connectivity index (χ3n) is 1.93. The number of nitrogens with one attached hydrogen (secondary N) is 2. The van der Waals surface area contributed by atoms with Crippen LogP contribution in [0.3, 0.4) is 0 Å². The molecule has 0 bridgehead atoms. The Morgan fingerprint density at radius 3 is 3.07 bits per heavy atom. The van der Waals surface area contributed by atoms with Gasteiger partial charge in [-0.3, -0.25) is 4.79 Å². The van der Waals surface area contributed by atoms with Gasteiger partial charge in [0.25, 0.3) is 5.91 Å². The minimum Gasteiger partial charge on any atom is -0.393 e. The van der Waals surface area contributed by atoms with E-state index in [1.54, 1.807) is 25.3 Å². The van der Waals surface area contributed by atoms with Crippen molar-refractivity contribution >= 4 is 5.91 Å². The van der Waals surface area contributed by atoms with Gasteiger partial charge in [-0.05, 0) is 31.9 Å². The topological polar surface area (TPSA) is 65.1 Å². The molecular weight excluding hydrogens is 180 g/mol. The summed E-state index contributed by atoms with van der Waals surface area (Å²) in [7, 11) is 0. The van der Waals surface area contributed by atoms with E-state index in [0.717, 1.165) is 6.42 Å². The molecule has 78 valence electrons. The van der Waals surface area contributed by atoms with E-state index in [4.69, 9.17) is 5.11 Å². The van der Waals surface area contributed by atoms with Crippen molar-refractivity contribution in [1.29, 1.82) is 0 Å². The summed E-state index contributed by atoms with van der Waals surface area (Å²) in [4.78, 5) is 14.2. The molecule has 0 fully saturated rings. The van der Waals surface area contributed by atoms with E-state index in [0.29, 0.717) is 18.7 Å². The second-order valence-corrected chi connectivity index (χ2v) is 3.33. The summed E-state index contributed by atoms with van der Waals surface area (Å²) in [6.45, 7) is 2.34. The standard InChI is InChI=1S/C10H16N2O2/c1-8(13)4-2-7-12-10(14)9-5-3-6-11-9/h3,5-6,8,11,13H,2,4,7H2,1H3,(H,12,14). The number of rotatable bonds is 5. The molecule has 0 spiro atoms. The molecule has 1 heterocycles. The lowest BCUT2D eigenvalue weighted by atomic mass is 10.2. The zero-order valence-corrected chi connectivity index (χ0v) is 8.29. The summed E-state index contributed by atoms with van der Waals surface area (Å²) >= 11 is 0. The normalized spacial score (nSPS) is 12.4. The highest BCUT2D eigenvalue weighted by Crippen LogP contribution is 1.96. The molecule has 14 heavy (non-hydrogen) atoms. The van der Waals surface area contributed by atoms with Gasteiger partial charge in [0.1, 0.15) is 5.69 Å². The average molecular weight is 196 g/mol. The molecular formula is C10H16N2O2. The van der Waals surface area contributed by atoms with Gasteiger partial charge < -0.3 is 15.4 Å². The summed E-state index contributed by atoms with van der Waals surface area (Å²) < 4.78 is 0. The molecule has 1 rings (SSSR count). The van der Waals surface area contributed by atoms with Crippen molar-refractivity contribution in [1.82, 2.24) is 10.3 Å². The Balaban J connectivity index is 2.16. The van der Waals surface area contributed by atoms with E-state index < -0.39 is 0 Å². The number of carbonyl (C=O) groups is 1. The van der Waals surface area contributed by atoms with Crippen LogP contribution in [0.1, 0.15) is 30.3 Å². The van der Waals surface area contributed by atoms with Gasteiger partial charge in [-0.15, -0.1) is 0 Å². The minimum absolute atomic E-state index is 0.0967. The molecule has 0 aliphatic rings. The van der Waals surface area contributed by atoms with Gasteiger partial charge >= 0.3 is 0 Å². The maximum Gasteiger partial charge on any atom is 0.267 e. The average Bonchev–Trinajstić information content (AvgIpc) is 2.64. The number of aromatic amines is 1. The molecule has 1 amide bonds. The lowest BCUT2D eigenvalue weighted by Crippen LogP contribution is -2.25. The molecule has 0 aliphatic carbocycles. The first-order valence-electron chi connectivity index (χ1n) is 4.80. The van der Waals surface area contributed by atoms with E-state index in [9.17, 15) is 4.79 Å². The Hall–Kier alpha value is -1.29.